The van der Waals surface area contributed by atoms with Gasteiger partial charge in [0, 0.05) is 24.7 Å². The van der Waals surface area contributed by atoms with Gasteiger partial charge in [-0.25, -0.2) is 0 Å². The van der Waals surface area contributed by atoms with Crippen LogP contribution < -0.4 is 0 Å². The molecule has 0 spiro atoms. The van der Waals surface area contributed by atoms with E-state index in [1.54, 1.807) is 12.3 Å². The molecule has 0 atom stereocenters. The maximum Gasteiger partial charge on any atom is 0.312 e. The van der Waals surface area contributed by atoms with Crippen molar-refractivity contribution in [1.82, 2.24) is 9.88 Å². The summed E-state index contributed by atoms with van der Waals surface area (Å²) < 4.78 is 5.49. The number of piperidine rings is 1. The smallest absolute Gasteiger partial charge is 0.312 e. The van der Waals surface area contributed by atoms with Crippen LogP contribution in [-0.4, -0.2) is 41.5 Å². The third-order valence-corrected chi connectivity index (χ3v) is 6.81. The fraction of sp³-hybridized carbons (Fsp3) is 0.393. The lowest BCUT2D eigenvalue weighted by Gasteiger charge is -2.40. The second-order valence-electron chi connectivity index (χ2n) is 9.01. The van der Waals surface area contributed by atoms with Gasteiger partial charge in [0.25, 0.3) is 5.91 Å². The van der Waals surface area contributed by atoms with E-state index in [-0.39, 0.29) is 11.9 Å². The number of ether oxygens (including phenoxy) is 1. The highest BCUT2D eigenvalue weighted by Gasteiger charge is 2.43. The summed E-state index contributed by atoms with van der Waals surface area (Å²) in [6.07, 6.45) is 5.60. The lowest BCUT2D eigenvalue weighted by atomic mass is 9.74. The Morgan fingerprint density at radius 3 is 2.55 bits per heavy atom. The van der Waals surface area contributed by atoms with Gasteiger partial charge in [0.2, 0.25) is 0 Å². The van der Waals surface area contributed by atoms with E-state index in [1.807, 2.05) is 55.1 Å². The maximum atomic E-state index is 13.4. The average molecular weight is 445 g/mol. The SMILES string of the molecule is CCOC(=O)C1(CCCc2ccccc2)CCN(C(=O)c2ccnc3ccc(C)cc23)CC1. The van der Waals surface area contributed by atoms with Crippen molar-refractivity contribution in [2.75, 3.05) is 19.7 Å². The second-order valence-corrected chi connectivity index (χ2v) is 9.01. The second kappa shape index (κ2) is 10.2. The van der Waals surface area contributed by atoms with E-state index in [2.05, 4.69) is 17.1 Å². The summed E-state index contributed by atoms with van der Waals surface area (Å²) in [6.45, 7) is 5.36. The average Bonchev–Trinajstić information content (AvgIpc) is 2.84. The molecular formula is C28H32N2O3. The molecule has 2 aromatic carbocycles. The van der Waals surface area contributed by atoms with Crippen LogP contribution in [0, 0.1) is 12.3 Å². The van der Waals surface area contributed by atoms with Gasteiger partial charge in [-0.05, 0) is 69.7 Å². The molecule has 1 aromatic heterocycles. The van der Waals surface area contributed by atoms with E-state index in [0.717, 1.165) is 35.7 Å². The molecule has 172 valence electrons. The molecule has 4 rings (SSSR count). The number of hydrogen-bond donors (Lipinski definition) is 0. The number of rotatable bonds is 7. The Hall–Kier alpha value is -3.21. The number of esters is 1. The van der Waals surface area contributed by atoms with Gasteiger partial charge in [0.05, 0.1) is 23.1 Å². The van der Waals surface area contributed by atoms with Gasteiger partial charge in [-0.3, -0.25) is 14.6 Å². The molecule has 1 aliphatic rings. The van der Waals surface area contributed by atoms with Gasteiger partial charge >= 0.3 is 5.97 Å². The Balaban J connectivity index is 1.47. The van der Waals surface area contributed by atoms with Crippen molar-refractivity contribution in [3.8, 4) is 0 Å². The van der Waals surface area contributed by atoms with E-state index in [0.29, 0.717) is 38.1 Å². The molecule has 0 bridgehead atoms. The Bertz CT molecular complexity index is 1120. The number of benzene rings is 2. The molecule has 0 aliphatic carbocycles. The topological polar surface area (TPSA) is 59.5 Å². The van der Waals surface area contributed by atoms with Gasteiger partial charge < -0.3 is 9.64 Å². The first-order valence-electron chi connectivity index (χ1n) is 11.9. The van der Waals surface area contributed by atoms with Crippen molar-refractivity contribution < 1.29 is 14.3 Å². The number of carbonyl (C=O) groups excluding carboxylic acids is 2. The van der Waals surface area contributed by atoms with Gasteiger partial charge in [-0.15, -0.1) is 0 Å². The highest BCUT2D eigenvalue weighted by Crippen LogP contribution is 2.38. The molecule has 1 fully saturated rings. The van der Waals surface area contributed by atoms with Crippen LogP contribution in [0.15, 0.2) is 60.8 Å². The van der Waals surface area contributed by atoms with Crippen molar-refractivity contribution in [3.63, 3.8) is 0 Å². The number of pyridine rings is 1. The highest BCUT2D eigenvalue weighted by molar-refractivity contribution is 6.06. The van der Waals surface area contributed by atoms with Crippen molar-refractivity contribution >= 4 is 22.8 Å². The van der Waals surface area contributed by atoms with Crippen LogP contribution in [0.5, 0.6) is 0 Å². The normalized spacial score (nSPS) is 15.4. The number of aromatic nitrogens is 1. The third kappa shape index (κ3) is 5.08. The quantitative estimate of drug-likeness (QED) is 0.461. The summed E-state index contributed by atoms with van der Waals surface area (Å²) in [4.78, 5) is 32.7. The number of amides is 1. The van der Waals surface area contributed by atoms with Gasteiger partial charge in [-0.2, -0.15) is 0 Å². The first-order chi connectivity index (χ1) is 16.0. The van der Waals surface area contributed by atoms with Crippen LogP contribution in [0.4, 0.5) is 0 Å². The van der Waals surface area contributed by atoms with E-state index < -0.39 is 5.41 Å². The number of likely N-dealkylation sites (tertiary alicyclic amines) is 1. The molecule has 2 heterocycles. The standard InChI is InChI=1S/C28H32N2O3/c1-3-33-27(32)28(14-7-10-22-8-5-4-6-9-22)15-18-30(19-16-28)26(31)23-13-17-29-25-12-11-21(2)20-24(23)25/h4-6,8-9,11-13,17,20H,3,7,10,14-16,18-19H2,1-2H3. The predicted molar refractivity (Wildman–Crippen MR) is 130 cm³/mol. The van der Waals surface area contributed by atoms with Crippen molar-refractivity contribution in [1.29, 1.82) is 0 Å². The van der Waals surface area contributed by atoms with Crippen LogP contribution in [0.25, 0.3) is 10.9 Å². The van der Waals surface area contributed by atoms with E-state index >= 15 is 0 Å². The van der Waals surface area contributed by atoms with Gasteiger partial charge in [-0.1, -0.05) is 42.0 Å². The van der Waals surface area contributed by atoms with Crippen molar-refractivity contribution in [2.45, 2.75) is 46.0 Å². The van der Waals surface area contributed by atoms with E-state index in [1.165, 1.54) is 5.56 Å². The third-order valence-electron chi connectivity index (χ3n) is 6.81. The number of fused-ring (bicyclic) bond motifs is 1. The predicted octanol–water partition coefficient (Wildman–Crippen LogP) is 5.35. The lowest BCUT2D eigenvalue weighted by molar-refractivity contribution is -0.159. The van der Waals surface area contributed by atoms with E-state index in [9.17, 15) is 9.59 Å². The van der Waals surface area contributed by atoms with Crippen LogP contribution in [0.3, 0.4) is 0 Å². The molecule has 1 amide bonds. The zero-order chi connectivity index (χ0) is 23.3. The molecule has 5 nitrogen and oxygen atoms in total. The van der Waals surface area contributed by atoms with Crippen LogP contribution in [0.1, 0.15) is 54.1 Å². The Labute approximate surface area is 195 Å². The minimum atomic E-state index is -0.515. The van der Waals surface area contributed by atoms with Gasteiger partial charge in [0.1, 0.15) is 0 Å². The molecule has 3 aromatic rings. The van der Waals surface area contributed by atoms with Gasteiger partial charge in [0.15, 0.2) is 0 Å². The Morgan fingerprint density at radius 2 is 1.82 bits per heavy atom. The number of aryl methyl sites for hydroxylation is 2. The highest BCUT2D eigenvalue weighted by atomic mass is 16.5. The summed E-state index contributed by atoms with van der Waals surface area (Å²) in [5.41, 5.74) is 3.37. The number of hydrogen-bond acceptors (Lipinski definition) is 4. The van der Waals surface area contributed by atoms with Crippen molar-refractivity contribution in [3.05, 3.63) is 77.5 Å². The zero-order valence-corrected chi connectivity index (χ0v) is 19.5. The molecular weight excluding hydrogens is 412 g/mol. The largest absolute Gasteiger partial charge is 0.466 e. The Morgan fingerprint density at radius 1 is 1.06 bits per heavy atom. The number of nitrogens with zero attached hydrogens (tertiary/aromatic N) is 2. The molecule has 0 saturated carbocycles. The summed E-state index contributed by atoms with van der Waals surface area (Å²) in [6, 6.07) is 18.1. The molecule has 0 unspecified atom stereocenters. The summed E-state index contributed by atoms with van der Waals surface area (Å²) >= 11 is 0. The maximum absolute atomic E-state index is 13.4. The molecule has 5 heteroatoms. The van der Waals surface area contributed by atoms with Crippen LogP contribution in [0.2, 0.25) is 0 Å². The fourth-order valence-corrected chi connectivity index (χ4v) is 4.87. The monoisotopic (exact) mass is 444 g/mol. The first-order valence-corrected chi connectivity index (χ1v) is 11.9. The summed E-state index contributed by atoms with van der Waals surface area (Å²) in [5.74, 6) is -0.107. The van der Waals surface area contributed by atoms with Crippen molar-refractivity contribution in [2.24, 2.45) is 5.41 Å². The minimum absolute atomic E-state index is 0.00902. The molecule has 1 saturated heterocycles. The zero-order valence-electron chi connectivity index (χ0n) is 19.5. The molecule has 0 radical (unpaired) electrons. The first kappa shape index (κ1) is 23.0. The summed E-state index contributed by atoms with van der Waals surface area (Å²) in [7, 11) is 0. The fourth-order valence-electron chi connectivity index (χ4n) is 4.87. The Kier molecular flexibility index (Phi) is 7.07. The molecule has 1 aliphatic heterocycles. The van der Waals surface area contributed by atoms with Crippen LogP contribution >= 0.6 is 0 Å². The van der Waals surface area contributed by atoms with Crippen LogP contribution in [-0.2, 0) is 16.0 Å². The van der Waals surface area contributed by atoms with E-state index in [4.69, 9.17) is 4.74 Å². The molecule has 0 N–H and O–H groups in total. The lowest BCUT2D eigenvalue weighted by Crippen LogP contribution is -2.47. The minimum Gasteiger partial charge on any atom is -0.466 e. The number of carbonyl (C=O) groups is 2. The molecule has 33 heavy (non-hydrogen) atoms. The summed E-state index contributed by atoms with van der Waals surface area (Å²) in [5, 5.41) is 0.882.